The lowest BCUT2D eigenvalue weighted by Crippen LogP contribution is -2.40. The number of para-hydroxylation sites is 1. The molecule has 2 amide bonds. The fourth-order valence-electron chi connectivity index (χ4n) is 4.53. The molecule has 1 saturated heterocycles. The molecule has 1 aliphatic carbocycles. The molecule has 0 spiro atoms. The second-order valence-corrected chi connectivity index (χ2v) is 8.64. The zero-order valence-corrected chi connectivity index (χ0v) is 17.9. The lowest BCUT2D eigenvalue weighted by atomic mass is 9.97. The van der Waals surface area contributed by atoms with Gasteiger partial charge in [-0.1, -0.05) is 18.2 Å². The number of anilines is 1. The fraction of sp³-hybridized carbons (Fsp3) is 0.440. The van der Waals surface area contributed by atoms with Crippen LogP contribution in [0.2, 0.25) is 0 Å². The molecule has 0 aromatic heterocycles. The maximum absolute atomic E-state index is 12.8. The van der Waals surface area contributed by atoms with Crippen LogP contribution in [0.4, 0.5) is 5.69 Å². The van der Waals surface area contributed by atoms with Gasteiger partial charge in [0.05, 0.1) is 12.0 Å². The summed E-state index contributed by atoms with van der Waals surface area (Å²) in [7, 11) is 0. The number of hydrogen-bond donors (Lipinski definition) is 2. The number of ether oxygens (including phenoxy) is 1. The zero-order chi connectivity index (χ0) is 21.6. The summed E-state index contributed by atoms with van der Waals surface area (Å²) in [6.45, 7) is 2.27. The number of benzene rings is 2. The van der Waals surface area contributed by atoms with Crippen LogP contribution < -0.4 is 15.8 Å². The van der Waals surface area contributed by atoms with Crippen molar-refractivity contribution in [2.24, 2.45) is 11.7 Å². The Balaban J connectivity index is 1.38. The molecule has 2 aliphatic rings. The summed E-state index contributed by atoms with van der Waals surface area (Å²) in [5.74, 6) is 0.346. The summed E-state index contributed by atoms with van der Waals surface area (Å²) < 4.78 is 5.99. The Bertz CT molecular complexity index is 906. The van der Waals surface area contributed by atoms with Gasteiger partial charge in [0, 0.05) is 24.3 Å². The van der Waals surface area contributed by atoms with E-state index in [0.717, 1.165) is 49.2 Å². The highest BCUT2D eigenvalue weighted by atomic mass is 16.5. The summed E-state index contributed by atoms with van der Waals surface area (Å²) >= 11 is 0. The van der Waals surface area contributed by atoms with Gasteiger partial charge in [0.2, 0.25) is 5.91 Å². The van der Waals surface area contributed by atoms with Crippen molar-refractivity contribution >= 4 is 17.5 Å². The van der Waals surface area contributed by atoms with Gasteiger partial charge in [-0.3, -0.25) is 14.5 Å². The van der Waals surface area contributed by atoms with Gasteiger partial charge in [0.1, 0.15) is 5.75 Å². The third-order valence-electron chi connectivity index (χ3n) is 6.29. The number of carbonyl (C=O) groups is 2. The Labute approximate surface area is 183 Å². The predicted octanol–water partition coefficient (Wildman–Crippen LogP) is 3.96. The minimum Gasteiger partial charge on any atom is -0.490 e. The molecule has 1 unspecified atom stereocenters. The second-order valence-electron chi connectivity index (χ2n) is 8.64. The van der Waals surface area contributed by atoms with Gasteiger partial charge >= 0.3 is 0 Å². The van der Waals surface area contributed by atoms with Crippen LogP contribution in [0.15, 0.2) is 48.5 Å². The van der Waals surface area contributed by atoms with Gasteiger partial charge in [-0.15, -0.1) is 0 Å². The molecule has 164 valence electrons. The Morgan fingerprint density at radius 2 is 1.74 bits per heavy atom. The minimum atomic E-state index is -0.230. The van der Waals surface area contributed by atoms with Gasteiger partial charge in [0.15, 0.2) is 0 Å². The van der Waals surface area contributed by atoms with E-state index in [9.17, 15) is 9.59 Å². The van der Waals surface area contributed by atoms with Crippen LogP contribution in [0.5, 0.6) is 5.75 Å². The van der Waals surface area contributed by atoms with Gasteiger partial charge < -0.3 is 15.8 Å². The SMILES string of the molecule is NC(=O)C1CCCN(Cc2ccccc2NC(=O)c2ccc(OC3CCCC3)cc2)C1. The van der Waals surface area contributed by atoms with Crippen LogP contribution in [-0.4, -0.2) is 35.9 Å². The lowest BCUT2D eigenvalue weighted by Gasteiger charge is -2.31. The van der Waals surface area contributed by atoms with Crippen LogP contribution >= 0.6 is 0 Å². The maximum atomic E-state index is 12.8. The number of hydrogen-bond acceptors (Lipinski definition) is 4. The number of rotatable bonds is 7. The van der Waals surface area contributed by atoms with Crippen molar-refractivity contribution in [3.63, 3.8) is 0 Å². The number of carbonyl (C=O) groups excluding carboxylic acids is 2. The third kappa shape index (κ3) is 5.64. The molecule has 0 radical (unpaired) electrons. The van der Waals surface area contributed by atoms with E-state index in [1.54, 1.807) is 0 Å². The van der Waals surface area contributed by atoms with Gasteiger partial charge in [-0.2, -0.15) is 0 Å². The molecule has 1 saturated carbocycles. The summed E-state index contributed by atoms with van der Waals surface area (Å²) in [5, 5.41) is 3.04. The van der Waals surface area contributed by atoms with Crippen LogP contribution in [0.1, 0.15) is 54.4 Å². The first kappa shape index (κ1) is 21.4. The number of likely N-dealkylation sites (tertiary alicyclic amines) is 1. The first-order chi connectivity index (χ1) is 15.1. The van der Waals surface area contributed by atoms with E-state index in [1.165, 1.54) is 12.8 Å². The van der Waals surface area contributed by atoms with E-state index in [-0.39, 0.29) is 17.7 Å². The molecule has 1 heterocycles. The van der Waals surface area contributed by atoms with Crippen LogP contribution in [-0.2, 0) is 11.3 Å². The van der Waals surface area contributed by atoms with E-state index in [1.807, 2.05) is 48.5 Å². The number of primary amides is 1. The molecule has 6 heteroatoms. The van der Waals surface area contributed by atoms with Crippen LogP contribution in [0.3, 0.4) is 0 Å². The van der Waals surface area contributed by atoms with Gasteiger partial charge in [0.25, 0.3) is 5.91 Å². The first-order valence-corrected chi connectivity index (χ1v) is 11.3. The Hall–Kier alpha value is -2.86. The Kier molecular flexibility index (Phi) is 6.87. The normalized spacial score (nSPS) is 19.8. The fourth-order valence-corrected chi connectivity index (χ4v) is 4.53. The van der Waals surface area contributed by atoms with Crippen molar-refractivity contribution in [2.75, 3.05) is 18.4 Å². The Morgan fingerprint density at radius 3 is 2.48 bits per heavy atom. The molecule has 4 rings (SSSR count). The second kappa shape index (κ2) is 9.96. The smallest absolute Gasteiger partial charge is 0.255 e. The molecule has 6 nitrogen and oxygen atoms in total. The molecule has 2 aromatic rings. The standard InChI is InChI=1S/C25H31N3O3/c26-24(29)20-7-5-15-28(17-20)16-19-6-1-4-10-23(19)27-25(30)18-11-13-22(14-12-18)31-21-8-2-3-9-21/h1,4,6,10-14,20-21H,2-3,5,7-9,15-17H2,(H2,26,29)(H,27,30). The lowest BCUT2D eigenvalue weighted by molar-refractivity contribution is -0.123. The van der Waals surface area contributed by atoms with Crippen molar-refractivity contribution in [3.8, 4) is 5.75 Å². The van der Waals surface area contributed by atoms with Crippen molar-refractivity contribution in [1.82, 2.24) is 4.90 Å². The molecule has 0 bridgehead atoms. The predicted molar refractivity (Wildman–Crippen MR) is 121 cm³/mol. The number of nitrogens with zero attached hydrogens (tertiary/aromatic N) is 1. The highest BCUT2D eigenvalue weighted by Gasteiger charge is 2.24. The summed E-state index contributed by atoms with van der Waals surface area (Å²) in [6.07, 6.45) is 6.78. The van der Waals surface area contributed by atoms with Crippen molar-refractivity contribution < 1.29 is 14.3 Å². The van der Waals surface area contributed by atoms with Crippen LogP contribution in [0, 0.1) is 5.92 Å². The van der Waals surface area contributed by atoms with E-state index in [0.29, 0.717) is 24.8 Å². The topological polar surface area (TPSA) is 84.7 Å². The Morgan fingerprint density at radius 1 is 1.00 bits per heavy atom. The number of piperidine rings is 1. The largest absolute Gasteiger partial charge is 0.490 e. The van der Waals surface area contributed by atoms with Crippen molar-refractivity contribution in [2.45, 2.75) is 51.2 Å². The number of nitrogens with two attached hydrogens (primary N) is 1. The number of amides is 2. The maximum Gasteiger partial charge on any atom is 0.255 e. The van der Waals surface area contributed by atoms with Crippen molar-refractivity contribution in [1.29, 1.82) is 0 Å². The average molecular weight is 422 g/mol. The summed E-state index contributed by atoms with van der Waals surface area (Å²) in [4.78, 5) is 26.6. The molecular weight excluding hydrogens is 390 g/mol. The van der Waals surface area contributed by atoms with Crippen molar-refractivity contribution in [3.05, 3.63) is 59.7 Å². The van der Waals surface area contributed by atoms with Gasteiger partial charge in [-0.25, -0.2) is 0 Å². The van der Waals surface area contributed by atoms with E-state index < -0.39 is 0 Å². The zero-order valence-electron chi connectivity index (χ0n) is 17.9. The molecule has 2 fully saturated rings. The molecule has 31 heavy (non-hydrogen) atoms. The molecule has 1 atom stereocenters. The first-order valence-electron chi connectivity index (χ1n) is 11.3. The molecule has 1 aliphatic heterocycles. The molecular formula is C25H31N3O3. The summed E-state index contributed by atoms with van der Waals surface area (Å²) in [5.41, 5.74) is 7.93. The quantitative estimate of drug-likeness (QED) is 0.709. The highest BCUT2D eigenvalue weighted by Crippen LogP contribution is 2.25. The van der Waals surface area contributed by atoms with E-state index in [2.05, 4.69) is 10.2 Å². The highest BCUT2D eigenvalue weighted by molar-refractivity contribution is 6.04. The molecule has 3 N–H and O–H groups in total. The van der Waals surface area contributed by atoms with Gasteiger partial charge in [-0.05, 0) is 81.0 Å². The third-order valence-corrected chi connectivity index (χ3v) is 6.29. The average Bonchev–Trinajstić information content (AvgIpc) is 3.29. The number of nitrogens with one attached hydrogen (secondary N) is 1. The minimum absolute atomic E-state index is 0.0968. The summed E-state index contributed by atoms with van der Waals surface area (Å²) in [6, 6.07) is 15.2. The molecule has 2 aromatic carbocycles. The monoisotopic (exact) mass is 421 g/mol. The van der Waals surface area contributed by atoms with Crippen LogP contribution in [0.25, 0.3) is 0 Å². The van der Waals surface area contributed by atoms with E-state index >= 15 is 0 Å². The van der Waals surface area contributed by atoms with E-state index in [4.69, 9.17) is 10.5 Å².